The first kappa shape index (κ1) is 18.0. The lowest BCUT2D eigenvalue weighted by atomic mass is 10.1. The molecule has 0 atom stereocenters. The zero-order valence-electron chi connectivity index (χ0n) is 14.8. The van der Waals surface area contributed by atoms with E-state index in [0.717, 1.165) is 40.6 Å². The summed E-state index contributed by atoms with van der Waals surface area (Å²) in [6.07, 6.45) is 4.07. The Balaban J connectivity index is 1.57. The molecular formula is C21H23FN2O2. The van der Waals surface area contributed by atoms with Crippen LogP contribution in [0.2, 0.25) is 0 Å². The smallest absolute Gasteiger partial charge is 0.224 e. The molecule has 0 radical (unpaired) electrons. The molecule has 1 amide bonds. The van der Waals surface area contributed by atoms with Crippen LogP contribution >= 0.6 is 0 Å². The third kappa shape index (κ3) is 4.63. The van der Waals surface area contributed by atoms with Gasteiger partial charge in [-0.3, -0.25) is 4.79 Å². The number of rotatable bonds is 8. The minimum atomic E-state index is -0.307. The van der Waals surface area contributed by atoms with E-state index in [9.17, 15) is 9.18 Å². The molecule has 0 aliphatic heterocycles. The number of fused-ring (bicyclic) bond motifs is 1. The highest BCUT2D eigenvalue weighted by Gasteiger charge is 2.10. The molecule has 2 N–H and O–H groups in total. The van der Waals surface area contributed by atoms with Crippen LogP contribution in [0.3, 0.4) is 0 Å². The van der Waals surface area contributed by atoms with Crippen molar-refractivity contribution in [2.75, 3.05) is 6.61 Å². The highest BCUT2D eigenvalue weighted by atomic mass is 19.1. The Morgan fingerprint density at radius 2 is 2.12 bits per heavy atom. The number of H-pyrrole nitrogens is 1. The monoisotopic (exact) mass is 354 g/mol. The van der Waals surface area contributed by atoms with Gasteiger partial charge < -0.3 is 15.0 Å². The molecule has 0 aliphatic carbocycles. The van der Waals surface area contributed by atoms with Crippen LogP contribution in [0.5, 0.6) is 5.75 Å². The fraction of sp³-hybridized carbons (Fsp3) is 0.286. The van der Waals surface area contributed by atoms with E-state index in [1.807, 2.05) is 24.3 Å². The lowest BCUT2D eigenvalue weighted by Crippen LogP contribution is -2.24. The summed E-state index contributed by atoms with van der Waals surface area (Å²) in [4.78, 5) is 15.3. The van der Waals surface area contributed by atoms with Crippen molar-refractivity contribution in [1.82, 2.24) is 10.3 Å². The molecular weight excluding hydrogens is 331 g/mol. The van der Waals surface area contributed by atoms with Gasteiger partial charge in [0.05, 0.1) is 13.0 Å². The predicted molar refractivity (Wildman–Crippen MR) is 101 cm³/mol. The first-order valence-electron chi connectivity index (χ1n) is 8.89. The Morgan fingerprint density at radius 3 is 2.96 bits per heavy atom. The first-order chi connectivity index (χ1) is 12.7. The van der Waals surface area contributed by atoms with Gasteiger partial charge in [-0.1, -0.05) is 25.5 Å². The van der Waals surface area contributed by atoms with E-state index in [1.54, 1.807) is 12.3 Å². The van der Waals surface area contributed by atoms with Crippen LogP contribution in [-0.4, -0.2) is 17.5 Å². The second-order valence-corrected chi connectivity index (χ2v) is 6.31. The molecule has 3 rings (SSSR count). The van der Waals surface area contributed by atoms with Crippen LogP contribution in [0.1, 0.15) is 30.9 Å². The quantitative estimate of drug-likeness (QED) is 0.591. The summed E-state index contributed by atoms with van der Waals surface area (Å²) in [5, 5.41) is 3.65. The number of aromatic amines is 1. The Labute approximate surface area is 152 Å². The number of unbranched alkanes of at least 4 members (excludes halogenated alkanes) is 1. The second kappa shape index (κ2) is 8.52. The summed E-state index contributed by atoms with van der Waals surface area (Å²) in [6.45, 7) is 3.25. The SMILES string of the molecule is CCCCOc1cccc(CNC(=O)Cc2c[nH]c3ccc(F)cc23)c1. The Kier molecular flexibility index (Phi) is 5.89. The van der Waals surface area contributed by atoms with Gasteiger partial charge in [-0.2, -0.15) is 0 Å². The Morgan fingerprint density at radius 1 is 1.23 bits per heavy atom. The van der Waals surface area contributed by atoms with Gasteiger partial charge in [0.15, 0.2) is 0 Å². The van der Waals surface area contributed by atoms with Crippen molar-refractivity contribution in [1.29, 1.82) is 0 Å². The largest absolute Gasteiger partial charge is 0.494 e. The molecule has 2 aromatic carbocycles. The van der Waals surface area contributed by atoms with Gasteiger partial charge >= 0.3 is 0 Å². The minimum absolute atomic E-state index is 0.104. The molecule has 136 valence electrons. The second-order valence-electron chi connectivity index (χ2n) is 6.31. The molecule has 0 fully saturated rings. The molecule has 5 heteroatoms. The lowest BCUT2D eigenvalue weighted by molar-refractivity contribution is -0.120. The van der Waals surface area contributed by atoms with E-state index in [2.05, 4.69) is 17.2 Å². The highest BCUT2D eigenvalue weighted by Crippen LogP contribution is 2.20. The number of ether oxygens (including phenoxy) is 1. The Bertz CT molecular complexity index is 889. The minimum Gasteiger partial charge on any atom is -0.494 e. The molecule has 26 heavy (non-hydrogen) atoms. The van der Waals surface area contributed by atoms with Gasteiger partial charge in [0.25, 0.3) is 0 Å². The van der Waals surface area contributed by atoms with Crippen LogP contribution in [0.25, 0.3) is 10.9 Å². The molecule has 0 aliphatic rings. The number of nitrogens with one attached hydrogen (secondary N) is 2. The maximum absolute atomic E-state index is 13.4. The van der Waals surface area contributed by atoms with E-state index in [-0.39, 0.29) is 18.1 Å². The van der Waals surface area contributed by atoms with E-state index in [1.165, 1.54) is 12.1 Å². The predicted octanol–water partition coefficient (Wildman–Crippen LogP) is 4.34. The molecule has 1 heterocycles. The third-order valence-electron chi connectivity index (χ3n) is 4.24. The van der Waals surface area contributed by atoms with Gasteiger partial charge in [0.2, 0.25) is 5.91 Å². The number of amides is 1. The van der Waals surface area contributed by atoms with Crippen LogP contribution < -0.4 is 10.1 Å². The van der Waals surface area contributed by atoms with Gasteiger partial charge in [0, 0.05) is 23.6 Å². The molecule has 0 unspecified atom stereocenters. The van der Waals surface area contributed by atoms with Crippen molar-refractivity contribution >= 4 is 16.8 Å². The van der Waals surface area contributed by atoms with Crippen molar-refractivity contribution in [2.24, 2.45) is 0 Å². The normalized spacial score (nSPS) is 10.8. The number of aromatic nitrogens is 1. The van der Waals surface area contributed by atoms with Crippen molar-refractivity contribution in [3.63, 3.8) is 0 Å². The molecule has 0 bridgehead atoms. The average Bonchev–Trinajstić information content (AvgIpc) is 3.03. The van der Waals surface area contributed by atoms with Crippen LogP contribution in [0, 0.1) is 5.82 Å². The fourth-order valence-electron chi connectivity index (χ4n) is 2.81. The van der Waals surface area contributed by atoms with E-state index < -0.39 is 0 Å². The highest BCUT2D eigenvalue weighted by molar-refractivity contribution is 5.88. The van der Waals surface area contributed by atoms with Crippen LogP contribution in [-0.2, 0) is 17.8 Å². The summed E-state index contributed by atoms with van der Waals surface area (Å²) in [5.41, 5.74) is 2.59. The van der Waals surface area contributed by atoms with Crippen LogP contribution in [0.15, 0.2) is 48.7 Å². The molecule has 0 saturated heterocycles. The topological polar surface area (TPSA) is 54.1 Å². The van der Waals surface area contributed by atoms with Crippen molar-refractivity contribution in [2.45, 2.75) is 32.7 Å². The van der Waals surface area contributed by atoms with Crippen molar-refractivity contribution in [3.05, 3.63) is 65.6 Å². The number of benzene rings is 2. The molecule has 3 aromatic rings. The summed E-state index contributed by atoms with van der Waals surface area (Å²) in [5.74, 6) is 0.406. The average molecular weight is 354 g/mol. The number of hydrogen-bond donors (Lipinski definition) is 2. The zero-order chi connectivity index (χ0) is 18.4. The van der Waals surface area contributed by atoms with E-state index in [4.69, 9.17) is 4.74 Å². The summed E-state index contributed by atoms with van der Waals surface area (Å²) < 4.78 is 19.1. The van der Waals surface area contributed by atoms with Gasteiger partial charge in [-0.05, 0) is 47.9 Å². The number of carbonyl (C=O) groups is 1. The summed E-state index contributed by atoms with van der Waals surface area (Å²) >= 11 is 0. The van der Waals surface area contributed by atoms with Gasteiger partial charge in [0.1, 0.15) is 11.6 Å². The van der Waals surface area contributed by atoms with Crippen molar-refractivity contribution in [3.8, 4) is 5.75 Å². The maximum Gasteiger partial charge on any atom is 0.224 e. The number of halogens is 1. The zero-order valence-corrected chi connectivity index (χ0v) is 14.8. The fourth-order valence-corrected chi connectivity index (χ4v) is 2.81. The van der Waals surface area contributed by atoms with Gasteiger partial charge in [-0.25, -0.2) is 4.39 Å². The molecule has 0 saturated carbocycles. The summed E-state index contributed by atoms with van der Waals surface area (Å²) in [6, 6.07) is 12.3. The maximum atomic E-state index is 13.4. The molecule has 0 spiro atoms. The number of hydrogen-bond acceptors (Lipinski definition) is 2. The Hall–Kier alpha value is -2.82. The van der Waals surface area contributed by atoms with Crippen LogP contribution in [0.4, 0.5) is 4.39 Å². The molecule has 1 aromatic heterocycles. The summed E-state index contributed by atoms with van der Waals surface area (Å²) in [7, 11) is 0. The first-order valence-corrected chi connectivity index (χ1v) is 8.89. The lowest BCUT2D eigenvalue weighted by Gasteiger charge is -2.09. The molecule has 4 nitrogen and oxygen atoms in total. The number of carbonyl (C=O) groups excluding carboxylic acids is 1. The third-order valence-corrected chi connectivity index (χ3v) is 4.24. The van der Waals surface area contributed by atoms with E-state index >= 15 is 0 Å². The van der Waals surface area contributed by atoms with E-state index in [0.29, 0.717) is 13.2 Å². The van der Waals surface area contributed by atoms with Gasteiger partial charge in [-0.15, -0.1) is 0 Å². The van der Waals surface area contributed by atoms with Crippen molar-refractivity contribution < 1.29 is 13.9 Å². The standard InChI is InChI=1S/C21H23FN2O2/c1-2-3-9-26-18-6-4-5-15(10-18)13-24-21(25)11-16-14-23-20-8-7-17(22)12-19(16)20/h4-8,10,12,14,23H,2-3,9,11,13H2,1H3,(H,24,25).